The molecule has 3 aromatic carbocycles. The number of benzene rings is 3. The molecule has 0 unspecified atom stereocenters. The standard InChI is InChI=1S/C27H31ClN2O6S/c1-6-22(19-9-7-18(2)8-10-19)29-27(31)17-30(23-15-20(28)11-13-24(23)34-3)37(32,33)21-12-14-25(35-4)26(16-21)36-5/h7-16,22H,6,17H2,1-5H3,(H,29,31)/t22-/m1/s1. The molecule has 0 saturated carbocycles. The average Bonchev–Trinajstić information content (AvgIpc) is 2.90. The molecule has 3 aromatic rings. The SMILES string of the molecule is CC[C@@H](NC(=O)CN(c1cc(Cl)ccc1OC)S(=O)(=O)c1ccc(OC)c(OC)c1)c1ccc(C)cc1. The Labute approximate surface area is 223 Å². The maximum Gasteiger partial charge on any atom is 0.265 e. The largest absolute Gasteiger partial charge is 0.495 e. The molecule has 0 radical (unpaired) electrons. The summed E-state index contributed by atoms with van der Waals surface area (Å²) in [7, 11) is 0.0128. The van der Waals surface area contributed by atoms with Crippen LogP contribution < -0.4 is 23.8 Å². The minimum absolute atomic E-state index is 0.0921. The Hall–Kier alpha value is -3.43. The Morgan fingerprint density at radius 1 is 0.919 bits per heavy atom. The van der Waals surface area contributed by atoms with Crippen LogP contribution in [0, 0.1) is 6.92 Å². The molecule has 198 valence electrons. The number of hydrogen-bond donors (Lipinski definition) is 1. The van der Waals surface area contributed by atoms with Gasteiger partial charge in [-0.05, 0) is 49.2 Å². The predicted molar refractivity (Wildman–Crippen MR) is 144 cm³/mol. The van der Waals surface area contributed by atoms with E-state index in [9.17, 15) is 13.2 Å². The van der Waals surface area contributed by atoms with E-state index in [1.807, 2.05) is 38.1 Å². The number of amides is 1. The van der Waals surface area contributed by atoms with Crippen LogP contribution in [-0.4, -0.2) is 42.2 Å². The topological polar surface area (TPSA) is 94.2 Å². The molecule has 0 bridgehead atoms. The van der Waals surface area contributed by atoms with Gasteiger partial charge in [0.1, 0.15) is 12.3 Å². The van der Waals surface area contributed by atoms with Gasteiger partial charge < -0.3 is 19.5 Å². The van der Waals surface area contributed by atoms with Crippen LogP contribution in [0.15, 0.2) is 65.6 Å². The number of rotatable bonds is 11. The number of carbonyl (C=O) groups excluding carboxylic acids is 1. The normalized spacial score (nSPS) is 11.9. The third kappa shape index (κ3) is 6.47. The highest BCUT2D eigenvalue weighted by molar-refractivity contribution is 7.92. The maximum absolute atomic E-state index is 13.9. The zero-order valence-electron chi connectivity index (χ0n) is 21.4. The molecule has 0 aliphatic rings. The second-order valence-corrected chi connectivity index (χ2v) is 10.6. The minimum Gasteiger partial charge on any atom is -0.495 e. The first-order valence-electron chi connectivity index (χ1n) is 11.6. The van der Waals surface area contributed by atoms with Crippen molar-refractivity contribution in [3.8, 4) is 17.2 Å². The lowest BCUT2D eigenvalue weighted by Gasteiger charge is -2.27. The average molecular weight is 547 g/mol. The maximum atomic E-state index is 13.9. The first-order valence-corrected chi connectivity index (χ1v) is 13.4. The molecule has 0 fully saturated rings. The van der Waals surface area contributed by atoms with Gasteiger partial charge in [-0.15, -0.1) is 0 Å². The lowest BCUT2D eigenvalue weighted by Crippen LogP contribution is -2.42. The highest BCUT2D eigenvalue weighted by Crippen LogP contribution is 2.37. The van der Waals surface area contributed by atoms with Gasteiger partial charge in [-0.1, -0.05) is 48.4 Å². The van der Waals surface area contributed by atoms with Crippen molar-refractivity contribution >= 4 is 33.2 Å². The summed E-state index contributed by atoms with van der Waals surface area (Å²) in [5.41, 5.74) is 2.16. The monoisotopic (exact) mass is 546 g/mol. The van der Waals surface area contributed by atoms with Gasteiger partial charge >= 0.3 is 0 Å². The summed E-state index contributed by atoms with van der Waals surface area (Å²) in [6.07, 6.45) is 0.623. The number of nitrogens with zero attached hydrogens (tertiary/aromatic N) is 1. The fourth-order valence-electron chi connectivity index (χ4n) is 3.85. The number of nitrogens with one attached hydrogen (secondary N) is 1. The third-order valence-corrected chi connectivity index (χ3v) is 7.85. The van der Waals surface area contributed by atoms with Crippen LogP contribution >= 0.6 is 11.6 Å². The molecule has 1 N–H and O–H groups in total. The molecular weight excluding hydrogens is 516 g/mol. The highest BCUT2D eigenvalue weighted by Gasteiger charge is 2.31. The second-order valence-electron chi connectivity index (χ2n) is 8.28. The molecule has 0 saturated heterocycles. The molecule has 0 spiro atoms. The van der Waals surface area contributed by atoms with E-state index < -0.39 is 22.5 Å². The fraction of sp³-hybridized carbons (Fsp3) is 0.296. The molecule has 8 nitrogen and oxygen atoms in total. The van der Waals surface area contributed by atoms with Crippen molar-refractivity contribution in [2.45, 2.75) is 31.2 Å². The lowest BCUT2D eigenvalue weighted by atomic mass is 10.0. The van der Waals surface area contributed by atoms with E-state index in [-0.39, 0.29) is 33.1 Å². The molecule has 3 rings (SSSR count). The van der Waals surface area contributed by atoms with E-state index in [0.717, 1.165) is 15.4 Å². The van der Waals surface area contributed by atoms with E-state index in [1.54, 1.807) is 12.1 Å². The summed E-state index contributed by atoms with van der Waals surface area (Å²) in [4.78, 5) is 13.2. The molecule has 0 heterocycles. The van der Waals surface area contributed by atoms with Crippen LogP contribution in [0.5, 0.6) is 17.2 Å². The zero-order valence-corrected chi connectivity index (χ0v) is 23.0. The van der Waals surface area contributed by atoms with Crippen LogP contribution in [0.1, 0.15) is 30.5 Å². The Morgan fingerprint density at radius 2 is 1.54 bits per heavy atom. The Kier molecular flexibility index (Phi) is 9.29. The Bertz CT molecular complexity index is 1350. The summed E-state index contributed by atoms with van der Waals surface area (Å²) < 4.78 is 44.8. The highest BCUT2D eigenvalue weighted by atomic mass is 35.5. The van der Waals surface area contributed by atoms with Gasteiger partial charge in [0.25, 0.3) is 10.0 Å². The van der Waals surface area contributed by atoms with Crippen LogP contribution in [0.2, 0.25) is 5.02 Å². The number of methoxy groups -OCH3 is 3. The van der Waals surface area contributed by atoms with Crippen LogP contribution in [-0.2, 0) is 14.8 Å². The Morgan fingerprint density at radius 3 is 2.14 bits per heavy atom. The van der Waals surface area contributed by atoms with Gasteiger partial charge in [-0.25, -0.2) is 8.42 Å². The van der Waals surface area contributed by atoms with E-state index in [1.165, 1.54) is 45.6 Å². The van der Waals surface area contributed by atoms with E-state index >= 15 is 0 Å². The van der Waals surface area contributed by atoms with Crippen molar-refractivity contribution in [3.63, 3.8) is 0 Å². The first-order chi connectivity index (χ1) is 17.6. The van der Waals surface area contributed by atoms with Crippen molar-refractivity contribution in [2.24, 2.45) is 0 Å². The molecule has 10 heteroatoms. The van der Waals surface area contributed by atoms with Crippen LogP contribution in [0.4, 0.5) is 5.69 Å². The lowest BCUT2D eigenvalue weighted by molar-refractivity contribution is -0.120. The van der Waals surface area contributed by atoms with Crippen LogP contribution in [0.3, 0.4) is 0 Å². The van der Waals surface area contributed by atoms with Gasteiger partial charge in [0.05, 0.1) is 38.0 Å². The smallest absolute Gasteiger partial charge is 0.265 e. The first kappa shape index (κ1) is 28.1. The molecule has 0 aromatic heterocycles. The number of halogens is 1. The van der Waals surface area contributed by atoms with Crippen molar-refractivity contribution in [3.05, 3.63) is 76.8 Å². The molecule has 1 amide bonds. The summed E-state index contributed by atoms with van der Waals surface area (Å²) in [5.74, 6) is 0.358. The van der Waals surface area contributed by atoms with Gasteiger partial charge in [0, 0.05) is 11.1 Å². The van der Waals surface area contributed by atoms with Crippen molar-refractivity contribution in [1.29, 1.82) is 0 Å². The number of hydrogen-bond acceptors (Lipinski definition) is 6. The van der Waals surface area contributed by atoms with Gasteiger partial charge in [-0.2, -0.15) is 0 Å². The van der Waals surface area contributed by atoms with E-state index in [4.69, 9.17) is 25.8 Å². The molecule has 37 heavy (non-hydrogen) atoms. The fourth-order valence-corrected chi connectivity index (χ4v) is 5.46. The van der Waals surface area contributed by atoms with E-state index in [2.05, 4.69) is 5.32 Å². The number of carbonyl (C=O) groups is 1. The van der Waals surface area contributed by atoms with Gasteiger partial charge in [-0.3, -0.25) is 9.10 Å². The van der Waals surface area contributed by atoms with E-state index in [0.29, 0.717) is 12.2 Å². The van der Waals surface area contributed by atoms with Crippen molar-refractivity contribution in [2.75, 3.05) is 32.2 Å². The number of ether oxygens (including phenoxy) is 3. The number of anilines is 1. The summed E-state index contributed by atoms with van der Waals surface area (Å²) >= 11 is 6.22. The molecular formula is C27H31ClN2O6S. The van der Waals surface area contributed by atoms with Gasteiger partial charge in [0.2, 0.25) is 5.91 Å². The van der Waals surface area contributed by atoms with Crippen molar-refractivity contribution < 1.29 is 27.4 Å². The second kappa shape index (κ2) is 12.2. The summed E-state index contributed by atoms with van der Waals surface area (Å²) in [5, 5.41) is 3.24. The zero-order chi connectivity index (χ0) is 27.2. The van der Waals surface area contributed by atoms with Gasteiger partial charge in [0.15, 0.2) is 11.5 Å². The van der Waals surface area contributed by atoms with Crippen molar-refractivity contribution in [1.82, 2.24) is 5.32 Å². The molecule has 0 aliphatic carbocycles. The third-order valence-electron chi connectivity index (χ3n) is 5.86. The van der Waals surface area contributed by atoms with Crippen LogP contribution in [0.25, 0.3) is 0 Å². The summed E-state index contributed by atoms with van der Waals surface area (Å²) in [6, 6.07) is 16.3. The predicted octanol–water partition coefficient (Wildman–Crippen LogP) is 5.14. The quantitative estimate of drug-likeness (QED) is 0.358. The summed E-state index contributed by atoms with van der Waals surface area (Å²) in [6.45, 7) is 3.43. The Balaban J connectivity index is 2.04. The molecule has 0 aliphatic heterocycles. The minimum atomic E-state index is -4.27. The molecule has 1 atom stereocenters. The number of aryl methyl sites for hydroxylation is 1. The number of sulfonamides is 1.